The molecule has 0 saturated heterocycles. The number of nitrogens with zero attached hydrogens (tertiary/aromatic N) is 2. The van der Waals surface area contributed by atoms with Crippen LogP contribution in [0.15, 0.2) is 12.4 Å². The van der Waals surface area contributed by atoms with Crippen LogP contribution in [0.3, 0.4) is 0 Å². The van der Waals surface area contributed by atoms with Gasteiger partial charge in [-0.1, -0.05) is 0 Å². The summed E-state index contributed by atoms with van der Waals surface area (Å²) in [6.45, 7) is 4.03. The number of hydrogen-bond acceptors (Lipinski definition) is 3. The number of nitrogens with one attached hydrogen (secondary N) is 1. The van der Waals surface area contributed by atoms with Crippen LogP contribution < -0.4 is 5.32 Å². The fraction of sp³-hybridized carbons (Fsp3) is 0.667. The van der Waals surface area contributed by atoms with E-state index in [1.54, 1.807) is 17.1 Å². The van der Waals surface area contributed by atoms with Crippen molar-refractivity contribution in [1.82, 2.24) is 9.78 Å². The smallest absolute Gasteiger partial charge is 0.256 e. The highest BCUT2D eigenvalue weighted by Crippen LogP contribution is 2.30. The van der Waals surface area contributed by atoms with Crippen molar-refractivity contribution < 1.29 is 9.90 Å². The Morgan fingerprint density at radius 3 is 2.71 bits per heavy atom. The molecule has 2 N–H and O–H groups in total. The molecule has 1 heterocycles. The summed E-state index contributed by atoms with van der Waals surface area (Å²) >= 11 is 0. The number of aromatic nitrogens is 2. The van der Waals surface area contributed by atoms with E-state index in [0.29, 0.717) is 18.5 Å². The van der Waals surface area contributed by atoms with Gasteiger partial charge in [0.25, 0.3) is 5.91 Å². The fourth-order valence-electron chi connectivity index (χ4n) is 2.12. The van der Waals surface area contributed by atoms with Crippen molar-refractivity contribution in [3.05, 3.63) is 12.4 Å². The summed E-state index contributed by atoms with van der Waals surface area (Å²) < 4.78 is 1.77. The zero-order chi connectivity index (χ0) is 12.5. The predicted octanol–water partition coefficient (Wildman–Crippen LogP) is 1.71. The Morgan fingerprint density at radius 2 is 2.18 bits per heavy atom. The van der Waals surface area contributed by atoms with E-state index in [1.165, 1.54) is 0 Å². The van der Waals surface area contributed by atoms with E-state index in [1.807, 2.05) is 13.8 Å². The van der Waals surface area contributed by atoms with E-state index in [9.17, 15) is 9.90 Å². The first-order chi connectivity index (χ1) is 8.01. The molecule has 2 rings (SSSR count). The summed E-state index contributed by atoms with van der Waals surface area (Å²) in [5, 5.41) is 17.0. The predicted molar refractivity (Wildman–Crippen MR) is 64.7 cm³/mol. The molecule has 1 aromatic heterocycles. The van der Waals surface area contributed by atoms with Crippen LogP contribution in [0.4, 0.5) is 5.69 Å². The molecule has 0 bridgehead atoms. The molecule has 94 valence electrons. The SMILES string of the molecule is CC(C)n1cc(NC(=O)C2(O)CCCC2)cn1. The van der Waals surface area contributed by atoms with Crippen molar-refractivity contribution in [2.45, 2.75) is 51.2 Å². The molecule has 1 aliphatic carbocycles. The molecule has 1 saturated carbocycles. The highest BCUT2D eigenvalue weighted by molar-refractivity contribution is 5.97. The Kier molecular flexibility index (Phi) is 3.19. The van der Waals surface area contributed by atoms with Gasteiger partial charge in [-0.25, -0.2) is 0 Å². The van der Waals surface area contributed by atoms with Gasteiger partial charge in [0.1, 0.15) is 5.60 Å². The van der Waals surface area contributed by atoms with Crippen LogP contribution in [0.2, 0.25) is 0 Å². The zero-order valence-electron chi connectivity index (χ0n) is 10.3. The molecule has 1 aliphatic rings. The molecule has 1 fully saturated rings. The van der Waals surface area contributed by atoms with Crippen LogP contribution in [-0.2, 0) is 4.79 Å². The minimum Gasteiger partial charge on any atom is -0.380 e. The first-order valence-electron chi connectivity index (χ1n) is 6.09. The third-order valence-electron chi connectivity index (χ3n) is 3.24. The maximum absolute atomic E-state index is 11.9. The normalized spacial score (nSPS) is 18.6. The van der Waals surface area contributed by atoms with E-state index < -0.39 is 5.60 Å². The van der Waals surface area contributed by atoms with Crippen LogP contribution in [0, 0.1) is 0 Å². The van der Waals surface area contributed by atoms with Gasteiger partial charge in [-0.05, 0) is 39.5 Å². The molecule has 1 aromatic rings. The van der Waals surface area contributed by atoms with Crippen LogP contribution in [0.25, 0.3) is 0 Å². The molecule has 1 amide bonds. The summed E-state index contributed by atoms with van der Waals surface area (Å²) in [6.07, 6.45) is 6.32. The Morgan fingerprint density at radius 1 is 1.53 bits per heavy atom. The second-order valence-electron chi connectivity index (χ2n) is 5.00. The molecule has 0 radical (unpaired) electrons. The van der Waals surface area contributed by atoms with E-state index in [2.05, 4.69) is 10.4 Å². The standard InChI is InChI=1S/C12H19N3O2/c1-9(2)15-8-10(7-13-15)14-11(16)12(17)5-3-4-6-12/h7-9,17H,3-6H2,1-2H3,(H,14,16). The zero-order valence-corrected chi connectivity index (χ0v) is 10.3. The highest BCUT2D eigenvalue weighted by atomic mass is 16.3. The molecule has 0 unspecified atom stereocenters. The maximum Gasteiger partial charge on any atom is 0.256 e. The Labute approximate surface area is 101 Å². The number of rotatable bonds is 3. The van der Waals surface area contributed by atoms with Crippen LogP contribution in [0.5, 0.6) is 0 Å². The second kappa shape index (κ2) is 4.49. The Bertz CT molecular complexity index is 406. The van der Waals surface area contributed by atoms with Gasteiger partial charge in [-0.3, -0.25) is 9.48 Å². The monoisotopic (exact) mass is 237 g/mol. The average molecular weight is 237 g/mol. The van der Waals surface area contributed by atoms with Gasteiger partial charge in [0.15, 0.2) is 0 Å². The van der Waals surface area contributed by atoms with Gasteiger partial charge >= 0.3 is 0 Å². The quantitative estimate of drug-likeness (QED) is 0.841. The average Bonchev–Trinajstić information content (AvgIpc) is 2.88. The van der Waals surface area contributed by atoms with Crippen molar-refractivity contribution in [3.63, 3.8) is 0 Å². The topological polar surface area (TPSA) is 67.2 Å². The molecule has 5 heteroatoms. The number of hydrogen-bond donors (Lipinski definition) is 2. The lowest BCUT2D eigenvalue weighted by Gasteiger charge is -2.20. The third kappa shape index (κ3) is 2.49. The lowest BCUT2D eigenvalue weighted by atomic mass is 10.0. The minimum absolute atomic E-state index is 0.259. The van der Waals surface area contributed by atoms with E-state index in [4.69, 9.17) is 0 Å². The molecule has 0 spiro atoms. The number of amides is 1. The van der Waals surface area contributed by atoms with Gasteiger partial charge < -0.3 is 10.4 Å². The molecule has 0 aliphatic heterocycles. The van der Waals surface area contributed by atoms with Crippen molar-refractivity contribution in [2.24, 2.45) is 0 Å². The first-order valence-corrected chi connectivity index (χ1v) is 6.09. The third-order valence-corrected chi connectivity index (χ3v) is 3.24. The van der Waals surface area contributed by atoms with Gasteiger partial charge in [-0.2, -0.15) is 5.10 Å². The molecule has 5 nitrogen and oxygen atoms in total. The summed E-state index contributed by atoms with van der Waals surface area (Å²) in [5.41, 5.74) is -0.538. The van der Waals surface area contributed by atoms with Crippen molar-refractivity contribution >= 4 is 11.6 Å². The number of aliphatic hydroxyl groups is 1. The summed E-state index contributed by atoms with van der Waals surface area (Å²) in [4.78, 5) is 11.9. The summed E-state index contributed by atoms with van der Waals surface area (Å²) in [6, 6.07) is 0.259. The van der Waals surface area contributed by atoms with E-state index in [0.717, 1.165) is 12.8 Å². The van der Waals surface area contributed by atoms with E-state index >= 15 is 0 Å². The molecule has 0 aromatic carbocycles. The number of carbonyl (C=O) groups is 1. The summed E-state index contributed by atoms with van der Waals surface area (Å²) in [7, 11) is 0. The van der Waals surface area contributed by atoms with Crippen molar-refractivity contribution in [1.29, 1.82) is 0 Å². The van der Waals surface area contributed by atoms with Gasteiger partial charge in [-0.15, -0.1) is 0 Å². The molecule has 17 heavy (non-hydrogen) atoms. The van der Waals surface area contributed by atoms with Crippen molar-refractivity contribution in [3.8, 4) is 0 Å². The van der Waals surface area contributed by atoms with Crippen LogP contribution in [0.1, 0.15) is 45.6 Å². The minimum atomic E-state index is -1.18. The van der Waals surface area contributed by atoms with Crippen molar-refractivity contribution in [2.75, 3.05) is 5.32 Å². The molecular weight excluding hydrogens is 218 g/mol. The number of anilines is 1. The van der Waals surface area contributed by atoms with Crippen LogP contribution in [-0.4, -0.2) is 26.4 Å². The number of carbonyl (C=O) groups excluding carboxylic acids is 1. The lowest BCUT2D eigenvalue weighted by molar-refractivity contribution is -0.133. The maximum atomic E-state index is 11.9. The second-order valence-corrected chi connectivity index (χ2v) is 5.00. The Balaban J connectivity index is 2.02. The van der Waals surface area contributed by atoms with Crippen LogP contribution >= 0.6 is 0 Å². The van der Waals surface area contributed by atoms with Gasteiger partial charge in [0, 0.05) is 12.2 Å². The van der Waals surface area contributed by atoms with Gasteiger partial charge in [0.05, 0.1) is 11.9 Å². The Hall–Kier alpha value is -1.36. The highest BCUT2D eigenvalue weighted by Gasteiger charge is 2.38. The molecule has 0 atom stereocenters. The largest absolute Gasteiger partial charge is 0.380 e. The summed E-state index contributed by atoms with van der Waals surface area (Å²) in [5.74, 6) is -0.307. The van der Waals surface area contributed by atoms with Gasteiger partial charge in [0.2, 0.25) is 0 Å². The van der Waals surface area contributed by atoms with E-state index in [-0.39, 0.29) is 11.9 Å². The molecular formula is C12H19N3O2. The fourth-order valence-corrected chi connectivity index (χ4v) is 2.12. The first kappa shape index (κ1) is 12.1. The lowest BCUT2D eigenvalue weighted by Crippen LogP contribution is -2.40.